The highest BCUT2D eigenvalue weighted by Crippen LogP contribution is 2.39. The lowest BCUT2D eigenvalue weighted by Gasteiger charge is -2.11. The Morgan fingerprint density at radius 2 is 1.27 bits per heavy atom. The summed E-state index contributed by atoms with van der Waals surface area (Å²) in [5, 5.41) is 0. The first-order chi connectivity index (χ1) is 18.1. The molecule has 1 aliphatic rings. The van der Waals surface area contributed by atoms with Crippen LogP contribution in [0.25, 0.3) is 33.6 Å². The highest BCUT2D eigenvalue weighted by Gasteiger charge is 2.25. The minimum absolute atomic E-state index is 0.475. The first kappa shape index (κ1) is 25.6. The van der Waals surface area contributed by atoms with Crippen molar-refractivity contribution in [1.82, 2.24) is 15.0 Å². The molecule has 1 aliphatic carbocycles. The molecule has 0 fully saturated rings. The van der Waals surface area contributed by atoms with E-state index in [0.29, 0.717) is 11.8 Å². The predicted octanol–water partition coefficient (Wildman–Crippen LogP) is 9.81. The highest BCUT2D eigenvalue weighted by atomic mass is 14.9. The Morgan fingerprint density at radius 1 is 0.703 bits per heavy atom. The van der Waals surface area contributed by atoms with Crippen LogP contribution in [0, 0.1) is 0 Å². The standard InChI is InChI=1S/C34H43N3/c1-5-7-10-23(3)32-29-12-9-13-30(29)33(37-32)28-20-16-26(17-21-28)25-14-18-27(19-15-25)31-22-35-34(36-31)24(4)11-8-6-2/h14-24,37H,5-13H2,1-4H3,(H,35,36)/t23?,24-/m0/s1. The molecule has 0 amide bonds. The van der Waals surface area contributed by atoms with Crippen molar-refractivity contribution in [3.05, 3.63) is 77.4 Å². The summed E-state index contributed by atoms with van der Waals surface area (Å²) in [7, 11) is 0. The average molecular weight is 494 g/mol. The molecule has 5 rings (SSSR count). The van der Waals surface area contributed by atoms with Gasteiger partial charge >= 0.3 is 0 Å². The van der Waals surface area contributed by atoms with Gasteiger partial charge in [-0.1, -0.05) is 102 Å². The molecule has 3 heteroatoms. The monoisotopic (exact) mass is 493 g/mol. The number of H-pyrrole nitrogens is 2. The number of imidazole rings is 1. The Kier molecular flexibility index (Phi) is 7.98. The molecular formula is C34H43N3. The van der Waals surface area contributed by atoms with Gasteiger partial charge in [0.25, 0.3) is 0 Å². The fourth-order valence-corrected chi connectivity index (χ4v) is 5.98. The van der Waals surface area contributed by atoms with E-state index < -0.39 is 0 Å². The quantitative estimate of drug-likeness (QED) is 0.214. The fraction of sp³-hybridized carbons (Fsp3) is 0.441. The number of benzene rings is 2. The van der Waals surface area contributed by atoms with Crippen molar-refractivity contribution in [2.24, 2.45) is 0 Å². The third-order valence-electron chi connectivity index (χ3n) is 8.34. The molecule has 0 aliphatic heterocycles. The molecule has 0 bridgehead atoms. The van der Waals surface area contributed by atoms with Gasteiger partial charge in [0, 0.05) is 17.3 Å². The lowest BCUT2D eigenvalue weighted by Crippen LogP contribution is -1.98. The van der Waals surface area contributed by atoms with E-state index in [1.165, 1.54) is 91.4 Å². The van der Waals surface area contributed by atoms with E-state index in [1.54, 1.807) is 11.1 Å². The van der Waals surface area contributed by atoms with Crippen molar-refractivity contribution in [2.75, 3.05) is 0 Å². The molecule has 37 heavy (non-hydrogen) atoms. The van der Waals surface area contributed by atoms with Crippen molar-refractivity contribution in [3.63, 3.8) is 0 Å². The molecule has 2 aromatic heterocycles. The van der Waals surface area contributed by atoms with Crippen LogP contribution < -0.4 is 0 Å². The zero-order valence-corrected chi connectivity index (χ0v) is 23.2. The van der Waals surface area contributed by atoms with Crippen LogP contribution in [0.15, 0.2) is 54.7 Å². The summed E-state index contributed by atoms with van der Waals surface area (Å²) in [6.45, 7) is 9.19. The Labute approximate surface area is 223 Å². The summed E-state index contributed by atoms with van der Waals surface area (Å²) in [6, 6.07) is 18.0. The topological polar surface area (TPSA) is 44.5 Å². The van der Waals surface area contributed by atoms with Crippen molar-refractivity contribution in [2.45, 2.75) is 97.3 Å². The van der Waals surface area contributed by atoms with Crippen molar-refractivity contribution < 1.29 is 0 Å². The van der Waals surface area contributed by atoms with E-state index in [1.807, 2.05) is 6.20 Å². The van der Waals surface area contributed by atoms with Gasteiger partial charge in [0.1, 0.15) is 5.82 Å². The van der Waals surface area contributed by atoms with E-state index in [9.17, 15) is 0 Å². The first-order valence-corrected chi connectivity index (χ1v) is 14.6. The van der Waals surface area contributed by atoms with Gasteiger partial charge in [0.05, 0.1) is 11.9 Å². The number of hydrogen-bond donors (Lipinski definition) is 2. The second kappa shape index (κ2) is 11.5. The van der Waals surface area contributed by atoms with Gasteiger partial charge in [-0.3, -0.25) is 0 Å². The molecule has 194 valence electrons. The maximum atomic E-state index is 4.66. The summed E-state index contributed by atoms with van der Waals surface area (Å²) < 4.78 is 0. The molecule has 0 saturated heterocycles. The van der Waals surface area contributed by atoms with Crippen molar-refractivity contribution in [1.29, 1.82) is 0 Å². The minimum Gasteiger partial charge on any atom is -0.358 e. The number of hydrogen-bond acceptors (Lipinski definition) is 1. The lowest BCUT2D eigenvalue weighted by atomic mass is 9.96. The Balaban J connectivity index is 1.32. The molecule has 0 saturated carbocycles. The van der Waals surface area contributed by atoms with E-state index in [4.69, 9.17) is 0 Å². The summed E-state index contributed by atoms with van der Waals surface area (Å²) in [5.74, 6) is 2.19. The van der Waals surface area contributed by atoms with Crippen LogP contribution in [-0.4, -0.2) is 15.0 Å². The normalized spacial score (nSPS) is 14.6. The largest absolute Gasteiger partial charge is 0.358 e. The molecule has 0 spiro atoms. The van der Waals surface area contributed by atoms with Crippen LogP contribution in [0.2, 0.25) is 0 Å². The summed E-state index contributed by atoms with van der Waals surface area (Å²) in [5.41, 5.74) is 12.1. The zero-order valence-electron chi connectivity index (χ0n) is 23.2. The third-order valence-corrected chi connectivity index (χ3v) is 8.34. The second-order valence-corrected chi connectivity index (χ2v) is 11.1. The van der Waals surface area contributed by atoms with Crippen LogP contribution in [-0.2, 0) is 12.8 Å². The van der Waals surface area contributed by atoms with Crippen molar-refractivity contribution in [3.8, 4) is 33.6 Å². The minimum atomic E-state index is 0.475. The van der Waals surface area contributed by atoms with Crippen LogP contribution in [0.1, 0.15) is 107 Å². The SMILES string of the molecule is CCCCC(C)c1[nH]c(-c2ccc(-c3ccc(-c4cnc([C@@H](C)CCCC)[nH]4)cc3)cc2)c2c1CCC2. The maximum absolute atomic E-state index is 4.66. The molecule has 2 atom stereocenters. The van der Waals surface area contributed by atoms with Gasteiger partial charge in [-0.25, -0.2) is 4.98 Å². The van der Waals surface area contributed by atoms with Gasteiger partial charge in [-0.05, 0) is 71.4 Å². The summed E-state index contributed by atoms with van der Waals surface area (Å²) in [4.78, 5) is 12.1. The lowest BCUT2D eigenvalue weighted by molar-refractivity contribution is 0.601. The Bertz CT molecular complexity index is 1290. The number of rotatable bonds is 11. The van der Waals surface area contributed by atoms with Gasteiger partial charge in [0.15, 0.2) is 0 Å². The van der Waals surface area contributed by atoms with Crippen LogP contribution in [0.5, 0.6) is 0 Å². The molecule has 4 aromatic rings. The predicted molar refractivity (Wildman–Crippen MR) is 157 cm³/mol. The number of nitrogens with one attached hydrogen (secondary N) is 2. The van der Waals surface area contributed by atoms with Gasteiger partial charge in [0.2, 0.25) is 0 Å². The average Bonchev–Trinajstić information content (AvgIpc) is 3.68. The maximum Gasteiger partial charge on any atom is 0.109 e. The first-order valence-electron chi connectivity index (χ1n) is 14.6. The molecule has 2 aromatic carbocycles. The Hall–Kier alpha value is -3.07. The highest BCUT2D eigenvalue weighted by molar-refractivity contribution is 5.74. The van der Waals surface area contributed by atoms with Gasteiger partial charge in [-0.15, -0.1) is 0 Å². The van der Waals surface area contributed by atoms with Gasteiger partial charge < -0.3 is 9.97 Å². The van der Waals surface area contributed by atoms with E-state index in [0.717, 1.165) is 11.5 Å². The van der Waals surface area contributed by atoms with E-state index in [-0.39, 0.29) is 0 Å². The number of fused-ring (bicyclic) bond motifs is 1. The molecule has 2 N–H and O–H groups in total. The van der Waals surface area contributed by atoms with Crippen LogP contribution in [0.3, 0.4) is 0 Å². The third kappa shape index (κ3) is 5.46. The molecule has 3 nitrogen and oxygen atoms in total. The van der Waals surface area contributed by atoms with Crippen LogP contribution in [0.4, 0.5) is 0 Å². The number of aromatic amines is 2. The smallest absolute Gasteiger partial charge is 0.109 e. The van der Waals surface area contributed by atoms with Crippen molar-refractivity contribution >= 4 is 0 Å². The number of aromatic nitrogens is 3. The molecule has 0 radical (unpaired) electrons. The number of nitrogens with zero attached hydrogens (tertiary/aromatic N) is 1. The number of unbranched alkanes of at least 4 members (excludes halogenated alkanes) is 2. The van der Waals surface area contributed by atoms with Gasteiger partial charge in [-0.2, -0.15) is 0 Å². The molecule has 2 heterocycles. The summed E-state index contributed by atoms with van der Waals surface area (Å²) in [6.07, 6.45) is 13.2. The second-order valence-electron chi connectivity index (χ2n) is 11.1. The van der Waals surface area contributed by atoms with E-state index >= 15 is 0 Å². The van der Waals surface area contributed by atoms with Crippen LogP contribution >= 0.6 is 0 Å². The molecule has 1 unspecified atom stereocenters. The fourth-order valence-electron chi connectivity index (χ4n) is 5.98. The molecular weight excluding hydrogens is 450 g/mol. The zero-order chi connectivity index (χ0) is 25.8. The Morgan fingerprint density at radius 3 is 1.92 bits per heavy atom. The van der Waals surface area contributed by atoms with E-state index in [2.05, 4.69) is 91.2 Å². The summed E-state index contributed by atoms with van der Waals surface area (Å²) >= 11 is 0.